The predicted octanol–water partition coefficient (Wildman–Crippen LogP) is 2.11. The number of anilines is 1. The number of halogens is 1. The Morgan fingerprint density at radius 3 is 3.28 bits per heavy atom. The molecule has 0 N–H and O–H groups in total. The molecule has 1 saturated heterocycles. The van der Waals surface area contributed by atoms with Crippen molar-refractivity contribution in [3.8, 4) is 0 Å². The van der Waals surface area contributed by atoms with E-state index in [2.05, 4.69) is 20.1 Å². The van der Waals surface area contributed by atoms with E-state index in [4.69, 9.17) is 11.6 Å². The van der Waals surface area contributed by atoms with Gasteiger partial charge in [0, 0.05) is 30.9 Å². The number of alkyl halides is 1. The smallest absolute Gasteiger partial charge is 0.203 e. The molecule has 3 rings (SSSR count). The molecule has 1 aliphatic heterocycles. The quantitative estimate of drug-likeness (QED) is 0.795. The Morgan fingerprint density at radius 2 is 2.39 bits per heavy atom. The zero-order valence-electron chi connectivity index (χ0n) is 10.2. The van der Waals surface area contributed by atoms with E-state index in [-0.39, 0.29) is 0 Å². The average molecular weight is 266 g/mol. The molecule has 0 radical (unpaired) electrons. The van der Waals surface area contributed by atoms with Crippen molar-refractivity contribution in [3.05, 3.63) is 18.7 Å². The molecule has 2 aromatic rings. The summed E-state index contributed by atoms with van der Waals surface area (Å²) < 4.78 is 1.92. The average Bonchev–Trinajstić information content (AvgIpc) is 3.04. The third-order valence-electron chi connectivity index (χ3n) is 3.52. The number of hydrogen-bond acceptors (Lipinski definition) is 4. The summed E-state index contributed by atoms with van der Waals surface area (Å²) >= 11 is 5.79. The lowest BCUT2D eigenvalue weighted by Crippen LogP contribution is -2.30. The van der Waals surface area contributed by atoms with Gasteiger partial charge >= 0.3 is 0 Å². The summed E-state index contributed by atoms with van der Waals surface area (Å²) in [5.41, 5.74) is 0.843. The number of rotatable bonds is 4. The summed E-state index contributed by atoms with van der Waals surface area (Å²) in [6.07, 6.45) is 10.0. The minimum absolute atomic E-state index is 0.541. The van der Waals surface area contributed by atoms with Crippen LogP contribution in [0.2, 0.25) is 0 Å². The van der Waals surface area contributed by atoms with Gasteiger partial charge in [-0.05, 0) is 25.7 Å². The highest BCUT2D eigenvalue weighted by atomic mass is 35.5. The second-order valence-electron chi connectivity index (χ2n) is 4.63. The maximum Gasteiger partial charge on any atom is 0.203 e. The normalized spacial score (nSPS) is 19.8. The molecule has 2 aromatic heterocycles. The van der Waals surface area contributed by atoms with Crippen molar-refractivity contribution in [2.24, 2.45) is 0 Å². The Balaban J connectivity index is 1.90. The number of nitrogens with zero attached hydrogens (tertiary/aromatic N) is 5. The molecule has 0 aromatic carbocycles. The standard InChI is InChI=1S/C12H16ClN5/c13-5-1-3-10-4-2-7-18(10)11-12-16-15-9-17(12)8-6-14-11/h6,8-10H,1-5,7H2. The highest BCUT2D eigenvalue weighted by Crippen LogP contribution is 2.28. The van der Waals surface area contributed by atoms with Crippen LogP contribution >= 0.6 is 11.6 Å². The van der Waals surface area contributed by atoms with Gasteiger partial charge in [0.1, 0.15) is 6.33 Å². The Hall–Kier alpha value is -1.36. The fraction of sp³-hybridized carbons (Fsp3) is 0.583. The van der Waals surface area contributed by atoms with Crippen molar-refractivity contribution in [2.75, 3.05) is 17.3 Å². The SMILES string of the molecule is ClCCCC1CCCN1c1nccn2cnnc12. The van der Waals surface area contributed by atoms with E-state index in [0.717, 1.165) is 36.7 Å². The lowest BCUT2D eigenvalue weighted by molar-refractivity contribution is 0.598. The molecule has 96 valence electrons. The maximum atomic E-state index is 5.79. The first-order chi connectivity index (χ1) is 8.90. The van der Waals surface area contributed by atoms with Gasteiger partial charge in [-0.25, -0.2) is 4.98 Å². The summed E-state index contributed by atoms with van der Waals surface area (Å²) in [7, 11) is 0. The fourth-order valence-corrected chi connectivity index (χ4v) is 2.83. The van der Waals surface area contributed by atoms with Crippen molar-refractivity contribution in [1.29, 1.82) is 0 Å². The van der Waals surface area contributed by atoms with Crippen LogP contribution < -0.4 is 4.90 Å². The summed E-state index contributed by atoms with van der Waals surface area (Å²) in [5, 5.41) is 8.11. The van der Waals surface area contributed by atoms with Gasteiger partial charge in [-0.3, -0.25) is 4.40 Å². The fourth-order valence-electron chi connectivity index (χ4n) is 2.68. The van der Waals surface area contributed by atoms with E-state index in [1.54, 1.807) is 6.33 Å². The Kier molecular flexibility index (Phi) is 3.32. The lowest BCUT2D eigenvalue weighted by Gasteiger charge is -2.25. The first-order valence-electron chi connectivity index (χ1n) is 6.37. The van der Waals surface area contributed by atoms with E-state index in [1.165, 1.54) is 12.8 Å². The van der Waals surface area contributed by atoms with Gasteiger partial charge in [0.15, 0.2) is 5.82 Å². The molecule has 18 heavy (non-hydrogen) atoms. The van der Waals surface area contributed by atoms with Crippen molar-refractivity contribution in [3.63, 3.8) is 0 Å². The lowest BCUT2D eigenvalue weighted by atomic mass is 10.1. The van der Waals surface area contributed by atoms with Gasteiger partial charge in [-0.2, -0.15) is 0 Å². The molecule has 6 heteroatoms. The maximum absolute atomic E-state index is 5.79. The van der Waals surface area contributed by atoms with E-state index in [1.807, 2.05) is 16.8 Å². The van der Waals surface area contributed by atoms with E-state index in [9.17, 15) is 0 Å². The second-order valence-corrected chi connectivity index (χ2v) is 5.01. The van der Waals surface area contributed by atoms with Crippen LogP contribution in [0.15, 0.2) is 18.7 Å². The summed E-state index contributed by atoms with van der Waals surface area (Å²) in [6.45, 7) is 1.05. The van der Waals surface area contributed by atoms with Crippen molar-refractivity contribution in [2.45, 2.75) is 31.7 Å². The highest BCUT2D eigenvalue weighted by molar-refractivity contribution is 6.17. The molecule has 1 aliphatic rings. The largest absolute Gasteiger partial charge is 0.350 e. The third kappa shape index (κ3) is 2.03. The van der Waals surface area contributed by atoms with Crippen LogP contribution in [-0.2, 0) is 0 Å². The van der Waals surface area contributed by atoms with Crippen LogP contribution in [0.5, 0.6) is 0 Å². The first-order valence-corrected chi connectivity index (χ1v) is 6.90. The molecule has 1 fully saturated rings. The molecule has 3 heterocycles. The molecular formula is C12H16ClN5. The minimum Gasteiger partial charge on any atom is -0.350 e. The monoisotopic (exact) mass is 265 g/mol. The van der Waals surface area contributed by atoms with Gasteiger partial charge < -0.3 is 4.90 Å². The van der Waals surface area contributed by atoms with Crippen LogP contribution in [0.25, 0.3) is 5.65 Å². The summed E-state index contributed by atoms with van der Waals surface area (Å²) in [4.78, 5) is 6.85. The Morgan fingerprint density at radius 1 is 1.44 bits per heavy atom. The molecule has 0 saturated carbocycles. The van der Waals surface area contributed by atoms with Crippen LogP contribution in [0.3, 0.4) is 0 Å². The zero-order chi connectivity index (χ0) is 12.4. The molecule has 0 aliphatic carbocycles. The van der Waals surface area contributed by atoms with Crippen molar-refractivity contribution < 1.29 is 0 Å². The number of fused-ring (bicyclic) bond motifs is 1. The second kappa shape index (κ2) is 5.10. The predicted molar refractivity (Wildman–Crippen MR) is 71.1 cm³/mol. The van der Waals surface area contributed by atoms with Gasteiger partial charge in [-0.1, -0.05) is 0 Å². The van der Waals surface area contributed by atoms with E-state index < -0.39 is 0 Å². The van der Waals surface area contributed by atoms with E-state index in [0.29, 0.717) is 6.04 Å². The molecule has 5 nitrogen and oxygen atoms in total. The van der Waals surface area contributed by atoms with Crippen molar-refractivity contribution >= 4 is 23.1 Å². The van der Waals surface area contributed by atoms with Gasteiger partial charge in [0.25, 0.3) is 0 Å². The molecule has 0 spiro atoms. The third-order valence-corrected chi connectivity index (χ3v) is 3.78. The molecule has 0 bridgehead atoms. The number of aromatic nitrogens is 4. The van der Waals surface area contributed by atoms with Gasteiger partial charge in [0.2, 0.25) is 5.65 Å². The first kappa shape index (κ1) is 11.7. The van der Waals surface area contributed by atoms with Gasteiger partial charge in [0.05, 0.1) is 0 Å². The van der Waals surface area contributed by atoms with E-state index >= 15 is 0 Å². The topological polar surface area (TPSA) is 46.3 Å². The zero-order valence-corrected chi connectivity index (χ0v) is 10.9. The minimum atomic E-state index is 0.541. The Bertz CT molecular complexity index is 526. The summed E-state index contributed by atoms with van der Waals surface area (Å²) in [6, 6.07) is 0.541. The molecule has 0 amide bonds. The van der Waals surface area contributed by atoms with Crippen LogP contribution in [0, 0.1) is 0 Å². The van der Waals surface area contributed by atoms with Crippen LogP contribution in [0.1, 0.15) is 25.7 Å². The molecule has 1 atom stereocenters. The Labute approximate surface area is 111 Å². The van der Waals surface area contributed by atoms with Crippen molar-refractivity contribution in [1.82, 2.24) is 19.6 Å². The highest BCUT2D eigenvalue weighted by Gasteiger charge is 2.27. The van der Waals surface area contributed by atoms with Crippen LogP contribution in [0.4, 0.5) is 5.82 Å². The summed E-state index contributed by atoms with van der Waals surface area (Å²) in [5.74, 6) is 1.68. The molecule has 1 unspecified atom stereocenters. The van der Waals surface area contributed by atoms with Crippen LogP contribution in [-0.4, -0.2) is 38.0 Å². The number of hydrogen-bond donors (Lipinski definition) is 0. The molecular weight excluding hydrogens is 250 g/mol. The van der Waals surface area contributed by atoms with Gasteiger partial charge in [-0.15, -0.1) is 21.8 Å².